The summed E-state index contributed by atoms with van der Waals surface area (Å²) in [5.74, 6) is 0.0195. The Kier molecular flexibility index (Phi) is 2.18. The minimum absolute atomic E-state index is 0.0195. The van der Waals surface area contributed by atoms with Gasteiger partial charge in [-0.25, -0.2) is 0 Å². The summed E-state index contributed by atoms with van der Waals surface area (Å²) < 4.78 is 0. The highest BCUT2D eigenvalue weighted by Gasteiger charge is 2.18. The number of hydrogen-bond donors (Lipinski definition) is 2. The van der Waals surface area contributed by atoms with E-state index in [1.165, 1.54) is 5.56 Å². The molecule has 0 radical (unpaired) electrons. The molecule has 1 heterocycles. The van der Waals surface area contributed by atoms with Crippen LogP contribution >= 0.6 is 0 Å². The van der Waals surface area contributed by atoms with Crippen LogP contribution in [0.5, 0.6) is 0 Å². The van der Waals surface area contributed by atoms with Crippen molar-refractivity contribution in [3.8, 4) is 0 Å². The zero-order chi connectivity index (χ0) is 11.1. The lowest BCUT2D eigenvalue weighted by Crippen LogP contribution is -2.27. The fourth-order valence-electron chi connectivity index (χ4n) is 1.64. The first-order valence-corrected chi connectivity index (χ1v) is 5.15. The van der Waals surface area contributed by atoms with Crippen molar-refractivity contribution >= 4 is 17.3 Å². The lowest BCUT2D eigenvalue weighted by Gasteiger charge is -2.24. The van der Waals surface area contributed by atoms with Crippen molar-refractivity contribution in [2.24, 2.45) is 0 Å². The average Bonchev–Trinajstić information content (AvgIpc) is 2.15. The maximum Gasteiger partial charge on any atom is 0.243 e. The first kappa shape index (κ1) is 10.0. The van der Waals surface area contributed by atoms with Crippen molar-refractivity contribution in [3.63, 3.8) is 0 Å². The number of fused-ring (bicyclic) bond motifs is 1. The zero-order valence-corrected chi connectivity index (χ0v) is 9.35. The van der Waals surface area contributed by atoms with Gasteiger partial charge in [-0.2, -0.15) is 0 Å². The Morgan fingerprint density at radius 1 is 1.20 bits per heavy atom. The Labute approximate surface area is 89.9 Å². The van der Waals surface area contributed by atoms with Crippen molar-refractivity contribution in [1.29, 1.82) is 0 Å². The number of carbonyl (C=O) groups excluding carboxylic acids is 1. The van der Waals surface area contributed by atoms with Crippen LogP contribution in [0, 0.1) is 0 Å². The van der Waals surface area contributed by atoms with Crippen LogP contribution in [0.2, 0.25) is 0 Å². The Hall–Kier alpha value is -1.51. The van der Waals surface area contributed by atoms with Crippen molar-refractivity contribution in [2.45, 2.75) is 26.2 Å². The second-order valence-corrected chi connectivity index (χ2v) is 4.91. The van der Waals surface area contributed by atoms with E-state index in [1.807, 2.05) is 6.07 Å². The number of hydrogen-bond acceptors (Lipinski definition) is 2. The van der Waals surface area contributed by atoms with Gasteiger partial charge in [-0.1, -0.05) is 26.8 Å². The summed E-state index contributed by atoms with van der Waals surface area (Å²) in [4.78, 5) is 11.1. The average molecular weight is 204 g/mol. The molecule has 0 spiro atoms. The molecule has 15 heavy (non-hydrogen) atoms. The summed E-state index contributed by atoms with van der Waals surface area (Å²) in [6.07, 6.45) is 0. The highest BCUT2D eigenvalue weighted by Crippen LogP contribution is 2.31. The van der Waals surface area contributed by atoms with Crippen LogP contribution in [0.25, 0.3) is 0 Å². The van der Waals surface area contributed by atoms with E-state index in [2.05, 4.69) is 43.5 Å². The molecular formula is C12H16N2O. The molecule has 1 aliphatic rings. The van der Waals surface area contributed by atoms with Gasteiger partial charge < -0.3 is 10.6 Å². The van der Waals surface area contributed by atoms with Crippen LogP contribution < -0.4 is 10.6 Å². The van der Waals surface area contributed by atoms with E-state index in [9.17, 15) is 4.79 Å². The molecule has 3 heteroatoms. The van der Waals surface area contributed by atoms with Crippen LogP contribution in [-0.4, -0.2) is 12.5 Å². The van der Waals surface area contributed by atoms with E-state index in [1.54, 1.807) is 0 Å². The van der Waals surface area contributed by atoms with Crippen molar-refractivity contribution in [3.05, 3.63) is 23.8 Å². The van der Waals surface area contributed by atoms with Crippen LogP contribution in [0.15, 0.2) is 18.2 Å². The number of rotatable bonds is 0. The number of amides is 1. The Balaban J connectivity index is 2.39. The van der Waals surface area contributed by atoms with E-state index in [0.717, 1.165) is 11.4 Å². The minimum atomic E-state index is 0.0195. The quantitative estimate of drug-likeness (QED) is 0.681. The van der Waals surface area contributed by atoms with Gasteiger partial charge in [0, 0.05) is 0 Å². The minimum Gasteiger partial charge on any atom is -0.374 e. The van der Waals surface area contributed by atoms with Gasteiger partial charge in [-0.15, -0.1) is 0 Å². The van der Waals surface area contributed by atoms with Gasteiger partial charge in [0.1, 0.15) is 0 Å². The largest absolute Gasteiger partial charge is 0.374 e. The molecule has 2 N–H and O–H groups in total. The molecule has 0 fully saturated rings. The van der Waals surface area contributed by atoms with Crippen LogP contribution in [-0.2, 0) is 10.2 Å². The monoisotopic (exact) mass is 204 g/mol. The van der Waals surface area contributed by atoms with Gasteiger partial charge in [0.15, 0.2) is 0 Å². The van der Waals surface area contributed by atoms with Gasteiger partial charge in [0.05, 0.1) is 17.9 Å². The molecular weight excluding hydrogens is 188 g/mol. The smallest absolute Gasteiger partial charge is 0.243 e. The molecule has 0 aromatic heterocycles. The van der Waals surface area contributed by atoms with Gasteiger partial charge in [0.2, 0.25) is 5.91 Å². The van der Waals surface area contributed by atoms with Gasteiger partial charge in [-0.3, -0.25) is 4.79 Å². The molecule has 0 atom stereocenters. The van der Waals surface area contributed by atoms with E-state index in [4.69, 9.17) is 0 Å². The molecule has 0 bridgehead atoms. The van der Waals surface area contributed by atoms with Gasteiger partial charge in [-0.05, 0) is 23.1 Å². The SMILES string of the molecule is CC(C)(C)c1ccc2c(c1)NCC(=O)N2. The lowest BCUT2D eigenvalue weighted by atomic mass is 9.86. The molecule has 2 rings (SSSR count). The van der Waals surface area contributed by atoms with E-state index in [-0.39, 0.29) is 11.3 Å². The van der Waals surface area contributed by atoms with Crippen molar-refractivity contribution in [2.75, 3.05) is 17.2 Å². The lowest BCUT2D eigenvalue weighted by molar-refractivity contribution is -0.114. The first-order chi connectivity index (χ1) is 6.97. The van der Waals surface area contributed by atoms with E-state index in [0.29, 0.717) is 6.54 Å². The molecule has 0 unspecified atom stereocenters. The second-order valence-electron chi connectivity index (χ2n) is 4.91. The third kappa shape index (κ3) is 1.96. The Bertz CT molecular complexity index is 405. The van der Waals surface area contributed by atoms with E-state index < -0.39 is 0 Å². The summed E-state index contributed by atoms with van der Waals surface area (Å²) in [7, 11) is 0. The second kappa shape index (κ2) is 3.26. The molecule has 1 aromatic carbocycles. The fraction of sp³-hybridized carbons (Fsp3) is 0.417. The third-order valence-corrected chi connectivity index (χ3v) is 2.60. The predicted molar refractivity (Wildman–Crippen MR) is 62.3 cm³/mol. The zero-order valence-electron chi connectivity index (χ0n) is 9.35. The highest BCUT2D eigenvalue weighted by atomic mass is 16.2. The van der Waals surface area contributed by atoms with Gasteiger partial charge in [0.25, 0.3) is 0 Å². The summed E-state index contributed by atoms with van der Waals surface area (Å²) in [6, 6.07) is 6.13. The standard InChI is InChI=1S/C12H16N2O/c1-12(2,3)8-4-5-9-10(6-8)13-7-11(15)14-9/h4-6,13H,7H2,1-3H3,(H,14,15). The topological polar surface area (TPSA) is 41.1 Å². The predicted octanol–water partition coefficient (Wildman–Crippen LogP) is 2.35. The normalized spacial score (nSPS) is 15.3. The first-order valence-electron chi connectivity index (χ1n) is 5.15. The summed E-state index contributed by atoms with van der Waals surface area (Å²) in [5, 5.41) is 5.95. The molecule has 80 valence electrons. The maximum absolute atomic E-state index is 11.1. The summed E-state index contributed by atoms with van der Waals surface area (Å²) in [6.45, 7) is 6.89. The fourth-order valence-corrected chi connectivity index (χ4v) is 1.64. The Morgan fingerprint density at radius 3 is 2.60 bits per heavy atom. The molecule has 3 nitrogen and oxygen atoms in total. The summed E-state index contributed by atoms with van der Waals surface area (Å²) >= 11 is 0. The highest BCUT2D eigenvalue weighted by molar-refractivity contribution is 6.00. The molecule has 1 aliphatic heterocycles. The molecule has 0 aliphatic carbocycles. The molecule has 1 amide bonds. The number of nitrogens with one attached hydrogen (secondary N) is 2. The third-order valence-electron chi connectivity index (χ3n) is 2.60. The molecule has 0 saturated carbocycles. The maximum atomic E-state index is 11.1. The summed E-state index contributed by atoms with van der Waals surface area (Å²) in [5.41, 5.74) is 3.30. The van der Waals surface area contributed by atoms with Crippen LogP contribution in [0.4, 0.5) is 11.4 Å². The molecule has 0 saturated heterocycles. The number of carbonyl (C=O) groups is 1. The van der Waals surface area contributed by atoms with Crippen LogP contribution in [0.3, 0.4) is 0 Å². The Morgan fingerprint density at radius 2 is 1.93 bits per heavy atom. The van der Waals surface area contributed by atoms with Gasteiger partial charge >= 0.3 is 0 Å². The van der Waals surface area contributed by atoms with E-state index >= 15 is 0 Å². The number of benzene rings is 1. The molecule has 1 aromatic rings. The van der Waals surface area contributed by atoms with Crippen molar-refractivity contribution < 1.29 is 4.79 Å². The van der Waals surface area contributed by atoms with Crippen molar-refractivity contribution in [1.82, 2.24) is 0 Å². The number of anilines is 2. The van der Waals surface area contributed by atoms with Crippen LogP contribution in [0.1, 0.15) is 26.3 Å².